The second-order valence-electron chi connectivity index (χ2n) is 5.73. The summed E-state index contributed by atoms with van der Waals surface area (Å²) in [6, 6.07) is 7.90. The van der Waals surface area contributed by atoms with Crippen LogP contribution in [0.15, 0.2) is 24.3 Å². The second kappa shape index (κ2) is 5.19. The summed E-state index contributed by atoms with van der Waals surface area (Å²) in [5.74, 6) is 0.106. The van der Waals surface area contributed by atoms with Gasteiger partial charge in [0.1, 0.15) is 5.69 Å². The summed E-state index contributed by atoms with van der Waals surface area (Å²) in [7, 11) is 0. The summed E-state index contributed by atoms with van der Waals surface area (Å²) in [5.41, 5.74) is 8.14. The molecule has 1 aliphatic heterocycles. The molecule has 0 aliphatic carbocycles. The number of aromatic amines is 1. The van der Waals surface area contributed by atoms with Crippen LogP contribution in [-0.4, -0.2) is 28.4 Å². The Morgan fingerprint density at radius 2 is 2.15 bits per heavy atom. The predicted octanol–water partition coefficient (Wildman–Crippen LogP) is 3.15. The van der Waals surface area contributed by atoms with Crippen molar-refractivity contribution in [2.45, 2.75) is 38.6 Å². The first-order chi connectivity index (χ1) is 9.65. The largest absolute Gasteiger partial charge is 0.399 e. The molecule has 0 radical (unpaired) electrons. The minimum Gasteiger partial charge on any atom is -0.399 e. The maximum absolute atomic E-state index is 12.7. The van der Waals surface area contributed by atoms with Gasteiger partial charge in [-0.25, -0.2) is 0 Å². The van der Waals surface area contributed by atoms with Gasteiger partial charge in [0.05, 0.1) is 0 Å². The molecule has 1 fully saturated rings. The molecule has 2 aromatic rings. The molecule has 2 heterocycles. The highest BCUT2D eigenvalue weighted by Gasteiger charge is 2.24. The fourth-order valence-electron chi connectivity index (χ4n) is 3.00. The van der Waals surface area contributed by atoms with Crippen LogP contribution in [0.2, 0.25) is 0 Å². The second-order valence-corrected chi connectivity index (χ2v) is 5.73. The first-order valence-electron chi connectivity index (χ1n) is 7.34. The van der Waals surface area contributed by atoms with Crippen molar-refractivity contribution in [1.29, 1.82) is 0 Å². The first kappa shape index (κ1) is 13.0. The number of hydrogen-bond donors (Lipinski definition) is 2. The van der Waals surface area contributed by atoms with Gasteiger partial charge < -0.3 is 15.6 Å². The molecule has 0 saturated carbocycles. The van der Waals surface area contributed by atoms with Gasteiger partial charge in [0, 0.05) is 29.2 Å². The molecule has 106 valence electrons. The van der Waals surface area contributed by atoms with Gasteiger partial charge in [0.25, 0.3) is 5.91 Å². The molecule has 4 heteroatoms. The smallest absolute Gasteiger partial charge is 0.270 e. The molecule has 4 nitrogen and oxygen atoms in total. The highest BCUT2D eigenvalue weighted by Crippen LogP contribution is 2.22. The van der Waals surface area contributed by atoms with Crippen LogP contribution in [0.1, 0.15) is 43.1 Å². The zero-order valence-electron chi connectivity index (χ0n) is 11.9. The SMILES string of the molecule is CC1CCCCCN1C(=O)c1cc2cc(N)ccc2[nH]1. The molecule has 1 atom stereocenters. The number of H-pyrrole nitrogens is 1. The quantitative estimate of drug-likeness (QED) is 0.783. The number of nitrogen functional groups attached to an aromatic ring is 1. The van der Waals surface area contributed by atoms with E-state index < -0.39 is 0 Å². The van der Waals surface area contributed by atoms with Crippen molar-refractivity contribution in [3.05, 3.63) is 30.0 Å². The van der Waals surface area contributed by atoms with E-state index in [1.54, 1.807) is 0 Å². The molecule has 1 unspecified atom stereocenters. The molecule has 3 rings (SSSR count). The zero-order chi connectivity index (χ0) is 14.1. The lowest BCUT2D eigenvalue weighted by Crippen LogP contribution is -2.38. The number of carbonyl (C=O) groups is 1. The number of hydrogen-bond acceptors (Lipinski definition) is 2. The molecule has 20 heavy (non-hydrogen) atoms. The molecule has 1 amide bonds. The average Bonchev–Trinajstić information content (AvgIpc) is 2.72. The average molecular weight is 271 g/mol. The van der Waals surface area contributed by atoms with E-state index in [1.165, 1.54) is 12.8 Å². The standard InChI is InChI=1S/C16H21N3O/c1-11-5-3-2-4-8-19(11)16(20)15-10-12-9-13(17)6-7-14(12)18-15/h6-7,9-11,18H,2-5,8,17H2,1H3. The Bertz CT molecular complexity index is 632. The van der Waals surface area contributed by atoms with Crippen LogP contribution in [0.25, 0.3) is 10.9 Å². The minimum absolute atomic E-state index is 0.106. The Morgan fingerprint density at radius 3 is 3.00 bits per heavy atom. The van der Waals surface area contributed by atoms with E-state index in [2.05, 4.69) is 11.9 Å². The molecule has 1 saturated heterocycles. The molecule has 1 aliphatic rings. The maximum Gasteiger partial charge on any atom is 0.270 e. The lowest BCUT2D eigenvalue weighted by Gasteiger charge is -2.26. The normalized spacial score (nSPS) is 20.1. The Hall–Kier alpha value is -1.97. The van der Waals surface area contributed by atoms with Crippen molar-refractivity contribution < 1.29 is 4.79 Å². The maximum atomic E-state index is 12.7. The number of fused-ring (bicyclic) bond motifs is 1. The molecule has 1 aromatic carbocycles. The number of aromatic nitrogens is 1. The Kier molecular flexibility index (Phi) is 3.38. The van der Waals surface area contributed by atoms with Gasteiger partial charge in [-0.05, 0) is 44.0 Å². The Morgan fingerprint density at radius 1 is 1.30 bits per heavy atom. The van der Waals surface area contributed by atoms with Crippen molar-refractivity contribution >= 4 is 22.5 Å². The van der Waals surface area contributed by atoms with Crippen LogP contribution in [-0.2, 0) is 0 Å². The van der Waals surface area contributed by atoms with E-state index in [-0.39, 0.29) is 5.91 Å². The topological polar surface area (TPSA) is 62.1 Å². The summed E-state index contributed by atoms with van der Waals surface area (Å²) in [6.07, 6.45) is 4.63. The number of nitrogens with zero attached hydrogens (tertiary/aromatic N) is 1. The van der Waals surface area contributed by atoms with Crippen LogP contribution in [0.4, 0.5) is 5.69 Å². The van der Waals surface area contributed by atoms with Crippen molar-refractivity contribution in [2.24, 2.45) is 0 Å². The van der Waals surface area contributed by atoms with Gasteiger partial charge in [-0.3, -0.25) is 4.79 Å². The van der Waals surface area contributed by atoms with Gasteiger partial charge >= 0.3 is 0 Å². The highest BCUT2D eigenvalue weighted by atomic mass is 16.2. The van der Waals surface area contributed by atoms with E-state index in [4.69, 9.17) is 5.73 Å². The number of nitrogens with one attached hydrogen (secondary N) is 1. The predicted molar refractivity (Wildman–Crippen MR) is 81.7 cm³/mol. The number of benzene rings is 1. The third-order valence-corrected chi connectivity index (χ3v) is 4.19. The third-order valence-electron chi connectivity index (χ3n) is 4.19. The van der Waals surface area contributed by atoms with Gasteiger partial charge in [0.15, 0.2) is 0 Å². The number of anilines is 1. The number of rotatable bonds is 1. The highest BCUT2D eigenvalue weighted by molar-refractivity contribution is 5.98. The first-order valence-corrected chi connectivity index (χ1v) is 7.34. The Balaban J connectivity index is 1.91. The molecule has 0 bridgehead atoms. The van der Waals surface area contributed by atoms with E-state index in [0.29, 0.717) is 11.7 Å². The molecule has 1 aromatic heterocycles. The molecular formula is C16H21N3O. The number of carbonyl (C=O) groups excluding carboxylic acids is 1. The van der Waals surface area contributed by atoms with E-state index in [1.807, 2.05) is 29.2 Å². The van der Waals surface area contributed by atoms with Crippen molar-refractivity contribution in [1.82, 2.24) is 9.88 Å². The monoisotopic (exact) mass is 271 g/mol. The number of amides is 1. The summed E-state index contributed by atoms with van der Waals surface area (Å²) < 4.78 is 0. The lowest BCUT2D eigenvalue weighted by atomic mass is 10.1. The van der Waals surface area contributed by atoms with Crippen LogP contribution < -0.4 is 5.73 Å². The zero-order valence-corrected chi connectivity index (χ0v) is 11.9. The van der Waals surface area contributed by atoms with Gasteiger partial charge in [-0.2, -0.15) is 0 Å². The van der Waals surface area contributed by atoms with Crippen LogP contribution in [0, 0.1) is 0 Å². The van der Waals surface area contributed by atoms with E-state index in [9.17, 15) is 4.79 Å². The van der Waals surface area contributed by atoms with Crippen LogP contribution in [0.5, 0.6) is 0 Å². The Labute approximate surface area is 118 Å². The van der Waals surface area contributed by atoms with Crippen molar-refractivity contribution in [3.63, 3.8) is 0 Å². The summed E-state index contributed by atoms with van der Waals surface area (Å²) in [6.45, 7) is 3.00. The van der Waals surface area contributed by atoms with Gasteiger partial charge in [-0.15, -0.1) is 0 Å². The van der Waals surface area contributed by atoms with Crippen LogP contribution in [0.3, 0.4) is 0 Å². The van der Waals surface area contributed by atoms with Gasteiger partial charge in [0.2, 0.25) is 0 Å². The minimum atomic E-state index is 0.106. The van der Waals surface area contributed by atoms with Crippen LogP contribution >= 0.6 is 0 Å². The summed E-state index contributed by atoms with van der Waals surface area (Å²) in [5, 5.41) is 0.996. The molecule has 0 spiro atoms. The summed E-state index contributed by atoms with van der Waals surface area (Å²) >= 11 is 0. The summed E-state index contributed by atoms with van der Waals surface area (Å²) in [4.78, 5) is 17.9. The van der Waals surface area contributed by atoms with E-state index >= 15 is 0 Å². The van der Waals surface area contributed by atoms with E-state index in [0.717, 1.165) is 36.0 Å². The third kappa shape index (κ3) is 2.38. The van der Waals surface area contributed by atoms with Gasteiger partial charge in [-0.1, -0.05) is 12.8 Å². The molecule has 3 N–H and O–H groups in total. The number of nitrogens with two attached hydrogens (primary N) is 1. The number of likely N-dealkylation sites (tertiary alicyclic amines) is 1. The fraction of sp³-hybridized carbons (Fsp3) is 0.438. The molecular weight excluding hydrogens is 250 g/mol. The van der Waals surface area contributed by atoms with Crippen molar-refractivity contribution in [3.8, 4) is 0 Å². The fourth-order valence-corrected chi connectivity index (χ4v) is 3.00. The van der Waals surface area contributed by atoms with Crippen molar-refractivity contribution in [2.75, 3.05) is 12.3 Å². The lowest BCUT2D eigenvalue weighted by molar-refractivity contribution is 0.0693.